The number of pyridine rings is 1. The maximum absolute atomic E-state index is 12.1. The molecule has 0 radical (unpaired) electrons. The first-order valence-corrected chi connectivity index (χ1v) is 5.75. The van der Waals surface area contributed by atoms with Crippen LogP contribution in [-0.4, -0.2) is 23.7 Å². The van der Waals surface area contributed by atoms with Crippen LogP contribution in [0.4, 0.5) is 5.69 Å². The van der Waals surface area contributed by atoms with Gasteiger partial charge < -0.3 is 14.6 Å². The molecule has 1 atom stereocenters. The van der Waals surface area contributed by atoms with Gasteiger partial charge in [0.05, 0.1) is 12.6 Å². The molecule has 0 aromatic carbocycles. The molecule has 2 rings (SSSR count). The predicted molar refractivity (Wildman–Crippen MR) is 64.1 cm³/mol. The predicted octanol–water partition coefficient (Wildman–Crippen LogP) is 1.16. The molecule has 92 valence electrons. The highest BCUT2D eigenvalue weighted by atomic mass is 16.5. The molecule has 1 fully saturated rings. The Hall–Kier alpha value is -1.62. The zero-order valence-corrected chi connectivity index (χ0v) is 9.81. The molecule has 0 spiro atoms. The summed E-state index contributed by atoms with van der Waals surface area (Å²) in [4.78, 5) is 23.1. The molecule has 0 bridgehead atoms. The number of hydrogen-bond acceptors (Lipinski definition) is 3. The van der Waals surface area contributed by atoms with Crippen molar-refractivity contribution >= 4 is 11.6 Å². The van der Waals surface area contributed by atoms with Crippen LogP contribution in [0, 0.1) is 0 Å². The molecule has 2 heterocycles. The second-order valence-electron chi connectivity index (χ2n) is 4.19. The highest BCUT2D eigenvalue weighted by Crippen LogP contribution is 2.17. The third kappa shape index (κ3) is 2.74. The Morgan fingerprint density at radius 1 is 1.59 bits per heavy atom. The molecular formula is C12H16N2O3. The van der Waals surface area contributed by atoms with Gasteiger partial charge in [0.25, 0.3) is 5.56 Å². The number of nitrogens with zero attached hydrogens (tertiary/aromatic N) is 1. The van der Waals surface area contributed by atoms with E-state index in [-0.39, 0.29) is 17.5 Å². The number of nitrogens with one attached hydrogen (secondary N) is 1. The van der Waals surface area contributed by atoms with Gasteiger partial charge in [0, 0.05) is 19.7 Å². The average molecular weight is 236 g/mol. The summed E-state index contributed by atoms with van der Waals surface area (Å²) in [6.45, 7) is 2.71. The van der Waals surface area contributed by atoms with Crippen molar-refractivity contribution in [1.29, 1.82) is 0 Å². The molecule has 1 aliphatic rings. The largest absolute Gasteiger partial charge is 0.379 e. The van der Waals surface area contributed by atoms with Gasteiger partial charge >= 0.3 is 0 Å². The maximum Gasteiger partial charge on any atom is 0.274 e. The number of carbonyl (C=O) groups is 1. The van der Waals surface area contributed by atoms with E-state index in [0.29, 0.717) is 12.3 Å². The normalized spacial score (nSPS) is 19.9. The van der Waals surface area contributed by atoms with Crippen molar-refractivity contribution in [1.82, 2.24) is 4.57 Å². The van der Waals surface area contributed by atoms with Crippen molar-refractivity contribution in [3.63, 3.8) is 0 Å². The van der Waals surface area contributed by atoms with Crippen LogP contribution in [0.15, 0.2) is 23.1 Å². The standard InChI is InChI=1S/C12H16N2O3/c1-9(15)13-11-5-2-6-14(12(11)16)10-4-3-7-17-8-10/h2,5-6,10H,3-4,7-8H2,1H3,(H,13,15). The van der Waals surface area contributed by atoms with E-state index in [1.54, 1.807) is 22.9 Å². The summed E-state index contributed by atoms with van der Waals surface area (Å²) in [6, 6.07) is 3.45. The summed E-state index contributed by atoms with van der Waals surface area (Å²) in [5, 5.41) is 2.54. The summed E-state index contributed by atoms with van der Waals surface area (Å²) < 4.78 is 7.01. The molecule has 1 N–H and O–H groups in total. The summed E-state index contributed by atoms with van der Waals surface area (Å²) in [7, 11) is 0. The lowest BCUT2D eigenvalue weighted by Crippen LogP contribution is -2.31. The fourth-order valence-corrected chi connectivity index (χ4v) is 2.03. The van der Waals surface area contributed by atoms with Crippen LogP contribution in [0.1, 0.15) is 25.8 Å². The number of ether oxygens (including phenoxy) is 1. The number of hydrogen-bond donors (Lipinski definition) is 1. The smallest absolute Gasteiger partial charge is 0.274 e. The number of aromatic nitrogens is 1. The first kappa shape index (κ1) is 11.9. The summed E-state index contributed by atoms with van der Waals surface area (Å²) in [5.41, 5.74) is 0.156. The average Bonchev–Trinajstić information content (AvgIpc) is 2.32. The molecule has 1 saturated heterocycles. The van der Waals surface area contributed by atoms with Crippen LogP contribution in [0.2, 0.25) is 0 Å². The van der Waals surface area contributed by atoms with Crippen LogP contribution in [0.5, 0.6) is 0 Å². The van der Waals surface area contributed by atoms with Gasteiger partial charge in [-0.25, -0.2) is 0 Å². The van der Waals surface area contributed by atoms with Crippen molar-refractivity contribution in [3.05, 3.63) is 28.7 Å². The SMILES string of the molecule is CC(=O)Nc1cccn(C2CCCOC2)c1=O. The Morgan fingerprint density at radius 2 is 2.41 bits per heavy atom. The third-order valence-corrected chi connectivity index (χ3v) is 2.81. The topological polar surface area (TPSA) is 60.3 Å². The number of carbonyl (C=O) groups excluding carboxylic acids is 1. The van der Waals surface area contributed by atoms with Crippen molar-refractivity contribution in [2.75, 3.05) is 18.5 Å². The molecule has 5 heteroatoms. The van der Waals surface area contributed by atoms with Crippen LogP contribution in [0.25, 0.3) is 0 Å². The van der Waals surface area contributed by atoms with Crippen LogP contribution >= 0.6 is 0 Å². The summed E-state index contributed by atoms with van der Waals surface area (Å²) in [6.07, 6.45) is 3.64. The second kappa shape index (κ2) is 5.14. The van der Waals surface area contributed by atoms with Gasteiger partial charge in [0.2, 0.25) is 5.91 Å². The zero-order chi connectivity index (χ0) is 12.3. The molecule has 0 aliphatic carbocycles. The minimum atomic E-state index is -0.236. The first-order valence-electron chi connectivity index (χ1n) is 5.75. The lowest BCUT2D eigenvalue weighted by atomic mass is 10.1. The Kier molecular flexibility index (Phi) is 3.58. The van der Waals surface area contributed by atoms with Crippen LogP contribution < -0.4 is 10.9 Å². The van der Waals surface area contributed by atoms with Crippen LogP contribution in [0.3, 0.4) is 0 Å². The molecule has 1 aromatic rings. The quantitative estimate of drug-likeness (QED) is 0.838. The van der Waals surface area contributed by atoms with Crippen molar-refractivity contribution in [3.8, 4) is 0 Å². The molecule has 5 nitrogen and oxygen atoms in total. The lowest BCUT2D eigenvalue weighted by Gasteiger charge is -2.24. The zero-order valence-electron chi connectivity index (χ0n) is 9.81. The highest BCUT2D eigenvalue weighted by molar-refractivity contribution is 5.88. The minimum Gasteiger partial charge on any atom is -0.379 e. The second-order valence-corrected chi connectivity index (χ2v) is 4.19. The van der Waals surface area contributed by atoms with E-state index in [1.165, 1.54) is 6.92 Å². The molecule has 1 aliphatic heterocycles. The fraction of sp³-hybridized carbons (Fsp3) is 0.500. The van der Waals surface area contributed by atoms with E-state index in [0.717, 1.165) is 19.4 Å². The molecular weight excluding hydrogens is 220 g/mol. The number of rotatable bonds is 2. The Balaban J connectivity index is 2.28. The van der Waals surface area contributed by atoms with E-state index in [4.69, 9.17) is 4.74 Å². The molecule has 1 aromatic heterocycles. The van der Waals surface area contributed by atoms with Crippen molar-refractivity contribution in [2.45, 2.75) is 25.8 Å². The van der Waals surface area contributed by atoms with Gasteiger partial charge in [-0.1, -0.05) is 0 Å². The molecule has 0 saturated carbocycles. The first-order chi connectivity index (χ1) is 8.18. The van der Waals surface area contributed by atoms with Gasteiger partial charge in [0.15, 0.2) is 0 Å². The minimum absolute atomic E-state index is 0.0740. The number of amides is 1. The van der Waals surface area contributed by atoms with Gasteiger partial charge in [0.1, 0.15) is 5.69 Å². The molecule has 17 heavy (non-hydrogen) atoms. The van der Waals surface area contributed by atoms with E-state index in [1.807, 2.05) is 0 Å². The Bertz CT molecular complexity index is 461. The third-order valence-electron chi connectivity index (χ3n) is 2.81. The Labute approximate surface area is 99.4 Å². The van der Waals surface area contributed by atoms with Gasteiger partial charge in [-0.2, -0.15) is 0 Å². The summed E-state index contributed by atoms with van der Waals surface area (Å²) >= 11 is 0. The molecule has 1 unspecified atom stereocenters. The van der Waals surface area contributed by atoms with Crippen LogP contribution in [-0.2, 0) is 9.53 Å². The van der Waals surface area contributed by atoms with E-state index >= 15 is 0 Å². The van der Waals surface area contributed by atoms with Gasteiger partial charge in [-0.3, -0.25) is 9.59 Å². The van der Waals surface area contributed by atoms with Gasteiger partial charge in [-0.05, 0) is 25.0 Å². The lowest BCUT2D eigenvalue weighted by molar-refractivity contribution is -0.114. The molecule has 1 amide bonds. The van der Waals surface area contributed by atoms with E-state index < -0.39 is 0 Å². The van der Waals surface area contributed by atoms with Crippen molar-refractivity contribution < 1.29 is 9.53 Å². The summed E-state index contributed by atoms with van der Waals surface area (Å²) in [5.74, 6) is -0.236. The monoisotopic (exact) mass is 236 g/mol. The van der Waals surface area contributed by atoms with E-state index in [9.17, 15) is 9.59 Å². The maximum atomic E-state index is 12.1. The van der Waals surface area contributed by atoms with E-state index in [2.05, 4.69) is 5.32 Å². The number of anilines is 1. The fourth-order valence-electron chi connectivity index (χ4n) is 2.03. The van der Waals surface area contributed by atoms with Crippen molar-refractivity contribution in [2.24, 2.45) is 0 Å². The highest BCUT2D eigenvalue weighted by Gasteiger charge is 2.17. The van der Waals surface area contributed by atoms with Gasteiger partial charge in [-0.15, -0.1) is 0 Å². The Morgan fingerprint density at radius 3 is 3.06 bits per heavy atom.